The van der Waals surface area contributed by atoms with Gasteiger partial charge in [-0.2, -0.15) is 0 Å². The molecule has 1 saturated heterocycles. The zero-order valence-corrected chi connectivity index (χ0v) is 11.0. The van der Waals surface area contributed by atoms with E-state index >= 15 is 0 Å². The lowest BCUT2D eigenvalue weighted by molar-refractivity contribution is 0.0603. The minimum atomic E-state index is 0.311. The summed E-state index contributed by atoms with van der Waals surface area (Å²) in [6, 6.07) is 0.626. The summed E-state index contributed by atoms with van der Waals surface area (Å²) in [4.78, 5) is 2.67. The summed E-state index contributed by atoms with van der Waals surface area (Å²) in [6.45, 7) is 12.9. The predicted octanol–water partition coefficient (Wildman–Crippen LogP) is 2.64. The number of hydrogen-bond donors (Lipinski definition) is 1. The molecule has 1 N–H and O–H groups in total. The van der Waals surface area contributed by atoms with E-state index in [1.54, 1.807) is 0 Å². The lowest BCUT2D eigenvalue weighted by Gasteiger charge is -2.46. The maximum Gasteiger partial charge on any atom is 0.0306 e. The molecule has 0 aromatic carbocycles. The second-order valence-electron chi connectivity index (χ2n) is 5.22. The Labute approximate surface area is 95.4 Å². The summed E-state index contributed by atoms with van der Waals surface area (Å²) < 4.78 is 0. The van der Waals surface area contributed by atoms with Crippen LogP contribution in [0.15, 0.2) is 0 Å². The number of nitrogens with one attached hydrogen (secondary N) is 1. The van der Waals surface area contributed by atoms with E-state index in [9.17, 15) is 0 Å². The van der Waals surface area contributed by atoms with Gasteiger partial charge in [0.1, 0.15) is 0 Å². The van der Waals surface area contributed by atoms with Gasteiger partial charge in [0.15, 0.2) is 0 Å². The van der Waals surface area contributed by atoms with Crippen molar-refractivity contribution in [2.45, 2.75) is 65.0 Å². The van der Waals surface area contributed by atoms with Crippen LogP contribution in [0.3, 0.4) is 0 Å². The lowest BCUT2D eigenvalue weighted by Crippen LogP contribution is -2.58. The predicted molar refractivity (Wildman–Crippen MR) is 67.3 cm³/mol. The first-order chi connectivity index (χ1) is 7.12. The topological polar surface area (TPSA) is 15.3 Å². The molecule has 1 heterocycles. The molecular formula is C13H28N2. The third-order valence-corrected chi connectivity index (χ3v) is 3.88. The summed E-state index contributed by atoms with van der Waals surface area (Å²) in [5.74, 6) is 0. The Balaban J connectivity index is 2.60. The molecule has 1 aliphatic rings. The molecule has 0 aliphatic carbocycles. The van der Waals surface area contributed by atoms with E-state index in [4.69, 9.17) is 0 Å². The summed E-state index contributed by atoms with van der Waals surface area (Å²) in [6.07, 6.45) is 5.40. The third-order valence-electron chi connectivity index (χ3n) is 3.88. The molecule has 1 rings (SSSR count). The van der Waals surface area contributed by atoms with E-state index in [1.807, 2.05) is 0 Å². The highest BCUT2D eigenvalue weighted by molar-refractivity contribution is 4.93. The smallest absolute Gasteiger partial charge is 0.0306 e. The van der Waals surface area contributed by atoms with Gasteiger partial charge in [0, 0.05) is 11.6 Å². The number of rotatable bonds is 5. The number of likely N-dealkylation sites (tertiary alicyclic amines) is 1. The lowest BCUT2D eigenvalue weighted by atomic mass is 9.88. The van der Waals surface area contributed by atoms with Crippen molar-refractivity contribution in [3.63, 3.8) is 0 Å². The van der Waals surface area contributed by atoms with Crippen LogP contribution < -0.4 is 5.32 Å². The summed E-state index contributed by atoms with van der Waals surface area (Å²) >= 11 is 0. The fourth-order valence-corrected chi connectivity index (χ4v) is 2.83. The molecule has 90 valence electrons. The molecule has 15 heavy (non-hydrogen) atoms. The number of nitrogens with zero attached hydrogens (tertiary/aromatic N) is 1. The van der Waals surface area contributed by atoms with Gasteiger partial charge in [-0.1, -0.05) is 20.3 Å². The van der Waals surface area contributed by atoms with Crippen LogP contribution in [0.2, 0.25) is 0 Å². The molecule has 0 spiro atoms. The second-order valence-corrected chi connectivity index (χ2v) is 5.22. The van der Waals surface area contributed by atoms with Crippen molar-refractivity contribution in [2.24, 2.45) is 0 Å². The van der Waals surface area contributed by atoms with E-state index in [2.05, 4.69) is 37.9 Å². The van der Waals surface area contributed by atoms with E-state index in [0.29, 0.717) is 11.6 Å². The Morgan fingerprint density at radius 2 is 1.73 bits per heavy atom. The maximum absolute atomic E-state index is 3.63. The molecule has 1 atom stereocenters. The zero-order valence-electron chi connectivity index (χ0n) is 11.0. The molecular weight excluding hydrogens is 184 g/mol. The first-order valence-electron chi connectivity index (χ1n) is 6.61. The van der Waals surface area contributed by atoms with Gasteiger partial charge in [-0.3, -0.25) is 4.90 Å². The van der Waals surface area contributed by atoms with Crippen molar-refractivity contribution in [2.75, 3.05) is 19.6 Å². The van der Waals surface area contributed by atoms with Crippen molar-refractivity contribution in [1.29, 1.82) is 0 Å². The van der Waals surface area contributed by atoms with Gasteiger partial charge in [-0.15, -0.1) is 0 Å². The summed E-state index contributed by atoms with van der Waals surface area (Å²) in [7, 11) is 0. The van der Waals surface area contributed by atoms with Crippen molar-refractivity contribution < 1.29 is 0 Å². The van der Waals surface area contributed by atoms with Crippen molar-refractivity contribution >= 4 is 0 Å². The maximum atomic E-state index is 3.63. The molecule has 1 fully saturated rings. The largest absolute Gasteiger partial charge is 0.312 e. The van der Waals surface area contributed by atoms with Gasteiger partial charge in [-0.05, 0) is 52.7 Å². The molecule has 0 aromatic heterocycles. The van der Waals surface area contributed by atoms with Crippen molar-refractivity contribution in [3.8, 4) is 0 Å². The monoisotopic (exact) mass is 212 g/mol. The van der Waals surface area contributed by atoms with Crippen LogP contribution in [0.1, 0.15) is 53.4 Å². The molecule has 0 saturated carbocycles. The van der Waals surface area contributed by atoms with E-state index in [-0.39, 0.29) is 0 Å². The Morgan fingerprint density at radius 3 is 2.20 bits per heavy atom. The highest BCUT2D eigenvalue weighted by Gasteiger charge is 2.34. The molecule has 2 nitrogen and oxygen atoms in total. The zero-order chi connectivity index (χ0) is 11.3. The second kappa shape index (κ2) is 5.86. The highest BCUT2D eigenvalue weighted by atomic mass is 15.2. The normalized spacial score (nSPS) is 21.6. The number of piperidine rings is 1. The van der Waals surface area contributed by atoms with Crippen LogP contribution in [-0.2, 0) is 0 Å². The van der Waals surface area contributed by atoms with Crippen LogP contribution in [-0.4, -0.2) is 36.1 Å². The van der Waals surface area contributed by atoms with Gasteiger partial charge in [0.25, 0.3) is 0 Å². The van der Waals surface area contributed by atoms with Crippen LogP contribution in [0.5, 0.6) is 0 Å². The Hall–Kier alpha value is -0.0800. The average molecular weight is 212 g/mol. The van der Waals surface area contributed by atoms with Crippen LogP contribution in [0.4, 0.5) is 0 Å². The molecule has 0 radical (unpaired) electrons. The van der Waals surface area contributed by atoms with Gasteiger partial charge >= 0.3 is 0 Å². The van der Waals surface area contributed by atoms with Crippen LogP contribution in [0.25, 0.3) is 0 Å². The molecule has 0 bridgehead atoms. The number of hydrogen-bond acceptors (Lipinski definition) is 2. The molecule has 2 heteroatoms. The summed E-state index contributed by atoms with van der Waals surface area (Å²) in [5.41, 5.74) is 0.311. The van der Waals surface area contributed by atoms with Gasteiger partial charge in [0.05, 0.1) is 0 Å². The van der Waals surface area contributed by atoms with E-state index in [0.717, 1.165) is 6.54 Å². The standard InChI is InChI=1S/C13H28N2/c1-5-12(14-6-2)13(3,4)15-10-8-7-9-11-15/h12,14H,5-11H2,1-4H3. The number of likely N-dealkylation sites (N-methyl/N-ethyl adjacent to an activating group) is 1. The fraction of sp³-hybridized carbons (Fsp3) is 1.00. The molecule has 1 aliphatic heterocycles. The average Bonchev–Trinajstić information content (AvgIpc) is 2.27. The van der Waals surface area contributed by atoms with E-state index < -0.39 is 0 Å². The first-order valence-corrected chi connectivity index (χ1v) is 6.61. The van der Waals surface area contributed by atoms with Crippen LogP contribution >= 0.6 is 0 Å². The van der Waals surface area contributed by atoms with Gasteiger partial charge in [0.2, 0.25) is 0 Å². The fourth-order valence-electron chi connectivity index (χ4n) is 2.83. The minimum absolute atomic E-state index is 0.311. The van der Waals surface area contributed by atoms with Crippen LogP contribution in [0, 0.1) is 0 Å². The molecule has 0 aromatic rings. The quantitative estimate of drug-likeness (QED) is 0.753. The molecule has 1 unspecified atom stereocenters. The van der Waals surface area contributed by atoms with Gasteiger partial charge < -0.3 is 5.32 Å². The first kappa shape index (κ1) is 13.0. The minimum Gasteiger partial charge on any atom is -0.312 e. The highest BCUT2D eigenvalue weighted by Crippen LogP contribution is 2.25. The third kappa shape index (κ3) is 3.18. The Morgan fingerprint density at radius 1 is 1.13 bits per heavy atom. The molecule has 0 amide bonds. The van der Waals surface area contributed by atoms with Crippen molar-refractivity contribution in [3.05, 3.63) is 0 Å². The van der Waals surface area contributed by atoms with Gasteiger partial charge in [-0.25, -0.2) is 0 Å². The Kier molecular flexibility index (Phi) is 5.07. The Bertz CT molecular complexity index is 165. The van der Waals surface area contributed by atoms with Crippen molar-refractivity contribution in [1.82, 2.24) is 10.2 Å². The summed E-state index contributed by atoms with van der Waals surface area (Å²) in [5, 5.41) is 3.63. The SMILES string of the molecule is CCNC(CC)C(C)(C)N1CCCCC1. The van der Waals surface area contributed by atoms with E-state index in [1.165, 1.54) is 38.8 Å².